The average molecular weight is 384 g/mol. The van der Waals surface area contributed by atoms with Crippen molar-refractivity contribution in [3.63, 3.8) is 0 Å². The SMILES string of the molecule is COCCC(=O)N1CCOc2c(O)cc(-c3nc4ccccc4s3)cc2C1. The maximum atomic E-state index is 12.4. The first kappa shape index (κ1) is 17.8. The lowest BCUT2D eigenvalue weighted by atomic mass is 10.1. The van der Waals surface area contributed by atoms with E-state index in [0.29, 0.717) is 38.5 Å². The molecule has 4 rings (SSSR count). The second kappa shape index (κ2) is 7.54. The van der Waals surface area contributed by atoms with Gasteiger partial charge < -0.3 is 19.5 Å². The van der Waals surface area contributed by atoms with Gasteiger partial charge in [0.2, 0.25) is 5.91 Å². The highest BCUT2D eigenvalue weighted by molar-refractivity contribution is 7.21. The van der Waals surface area contributed by atoms with Crippen LogP contribution in [0.4, 0.5) is 0 Å². The van der Waals surface area contributed by atoms with Gasteiger partial charge in [0.05, 0.1) is 29.8 Å². The Morgan fingerprint density at radius 3 is 3.04 bits per heavy atom. The summed E-state index contributed by atoms with van der Waals surface area (Å²) in [7, 11) is 1.58. The van der Waals surface area contributed by atoms with Gasteiger partial charge in [-0.3, -0.25) is 4.79 Å². The lowest BCUT2D eigenvalue weighted by Crippen LogP contribution is -2.32. The first-order valence-electron chi connectivity index (χ1n) is 8.77. The van der Waals surface area contributed by atoms with Crippen LogP contribution in [0.1, 0.15) is 12.0 Å². The van der Waals surface area contributed by atoms with Gasteiger partial charge in [-0.25, -0.2) is 4.98 Å². The minimum Gasteiger partial charge on any atom is -0.504 e. The van der Waals surface area contributed by atoms with Gasteiger partial charge in [0.1, 0.15) is 11.6 Å². The fraction of sp³-hybridized carbons (Fsp3) is 0.300. The van der Waals surface area contributed by atoms with E-state index in [1.54, 1.807) is 29.4 Å². The number of hydrogen-bond acceptors (Lipinski definition) is 6. The molecule has 1 aliphatic rings. The number of ether oxygens (including phenoxy) is 2. The molecule has 0 bridgehead atoms. The molecule has 140 valence electrons. The van der Waals surface area contributed by atoms with Crippen LogP contribution in [0.25, 0.3) is 20.8 Å². The molecule has 0 aliphatic carbocycles. The molecule has 1 N–H and O–H groups in total. The van der Waals surface area contributed by atoms with Crippen LogP contribution in [-0.2, 0) is 16.1 Å². The second-order valence-corrected chi connectivity index (χ2v) is 7.41. The number of methoxy groups -OCH3 is 1. The molecule has 0 unspecified atom stereocenters. The number of aromatic nitrogens is 1. The molecular formula is C20H20N2O4S. The standard InChI is InChI=1S/C20H20N2O4S/c1-25-8-6-18(24)22-7-9-26-19-14(12-22)10-13(11-16(19)23)20-21-15-4-2-3-5-17(15)27-20/h2-5,10-11,23H,6-9,12H2,1H3. The maximum absolute atomic E-state index is 12.4. The highest BCUT2D eigenvalue weighted by atomic mass is 32.1. The van der Waals surface area contributed by atoms with E-state index < -0.39 is 0 Å². The van der Waals surface area contributed by atoms with Gasteiger partial charge in [-0.2, -0.15) is 0 Å². The number of nitrogens with zero attached hydrogens (tertiary/aromatic N) is 2. The zero-order valence-corrected chi connectivity index (χ0v) is 15.8. The van der Waals surface area contributed by atoms with Crippen molar-refractivity contribution < 1.29 is 19.4 Å². The highest BCUT2D eigenvalue weighted by Gasteiger charge is 2.23. The summed E-state index contributed by atoms with van der Waals surface area (Å²) in [5.74, 6) is 0.535. The molecule has 0 saturated carbocycles. The van der Waals surface area contributed by atoms with Crippen molar-refractivity contribution in [3.05, 3.63) is 42.0 Å². The van der Waals surface area contributed by atoms with E-state index in [9.17, 15) is 9.90 Å². The van der Waals surface area contributed by atoms with E-state index in [4.69, 9.17) is 9.47 Å². The molecule has 6 nitrogen and oxygen atoms in total. The van der Waals surface area contributed by atoms with Gasteiger partial charge in [0, 0.05) is 24.8 Å². The summed E-state index contributed by atoms with van der Waals surface area (Å²) in [6.45, 7) is 1.61. The first-order chi connectivity index (χ1) is 13.2. The molecule has 0 radical (unpaired) electrons. The third kappa shape index (κ3) is 3.61. The average Bonchev–Trinajstić information content (AvgIpc) is 2.98. The predicted molar refractivity (Wildman–Crippen MR) is 104 cm³/mol. The number of benzene rings is 2. The zero-order chi connectivity index (χ0) is 18.8. The molecule has 27 heavy (non-hydrogen) atoms. The highest BCUT2D eigenvalue weighted by Crippen LogP contribution is 2.39. The molecule has 2 aromatic carbocycles. The largest absolute Gasteiger partial charge is 0.504 e. The molecule has 2 heterocycles. The summed E-state index contributed by atoms with van der Waals surface area (Å²) in [5, 5.41) is 11.3. The number of rotatable bonds is 4. The fourth-order valence-electron chi connectivity index (χ4n) is 3.18. The molecule has 1 aliphatic heterocycles. The maximum Gasteiger partial charge on any atom is 0.225 e. The minimum atomic E-state index is 0.0122. The Balaban J connectivity index is 1.68. The van der Waals surface area contributed by atoms with Gasteiger partial charge >= 0.3 is 0 Å². The number of hydrogen-bond donors (Lipinski definition) is 1. The van der Waals surface area contributed by atoms with Crippen LogP contribution in [0.15, 0.2) is 36.4 Å². The Morgan fingerprint density at radius 2 is 2.22 bits per heavy atom. The predicted octanol–water partition coefficient (Wildman–Crippen LogP) is 3.43. The van der Waals surface area contributed by atoms with Gasteiger partial charge in [0.25, 0.3) is 0 Å². The quantitative estimate of drug-likeness (QED) is 0.746. The van der Waals surface area contributed by atoms with Gasteiger partial charge in [0.15, 0.2) is 11.5 Å². The topological polar surface area (TPSA) is 71.9 Å². The number of carbonyl (C=O) groups excluding carboxylic acids is 1. The molecule has 1 aromatic heterocycles. The minimum absolute atomic E-state index is 0.0122. The number of amides is 1. The molecule has 1 amide bonds. The summed E-state index contributed by atoms with van der Waals surface area (Å²) < 4.78 is 11.8. The van der Waals surface area contributed by atoms with E-state index in [0.717, 1.165) is 26.4 Å². The number of fused-ring (bicyclic) bond motifs is 2. The first-order valence-corrected chi connectivity index (χ1v) is 9.58. The third-order valence-electron chi connectivity index (χ3n) is 4.53. The lowest BCUT2D eigenvalue weighted by molar-refractivity contribution is -0.132. The summed E-state index contributed by atoms with van der Waals surface area (Å²) in [4.78, 5) is 18.8. The van der Waals surface area contributed by atoms with Crippen LogP contribution in [0.3, 0.4) is 0 Å². The fourth-order valence-corrected chi connectivity index (χ4v) is 4.13. The number of carbonyl (C=O) groups is 1. The van der Waals surface area contributed by atoms with Gasteiger partial charge in [-0.05, 0) is 24.3 Å². The van der Waals surface area contributed by atoms with Crippen molar-refractivity contribution >= 4 is 27.5 Å². The van der Waals surface area contributed by atoms with Crippen LogP contribution < -0.4 is 4.74 Å². The molecule has 0 fully saturated rings. The Labute approximate surface area is 161 Å². The van der Waals surface area contributed by atoms with E-state index in [2.05, 4.69) is 4.98 Å². The van der Waals surface area contributed by atoms with E-state index in [-0.39, 0.29) is 11.7 Å². The number of thiazole rings is 1. The van der Waals surface area contributed by atoms with Crippen molar-refractivity contribution in [3.8, 4) is 22.1 Å². The third-order valence-corrected chi connectivity index (χ3v) is 5.61. The van der Waals surface area contributed by atoms with E-state index in [1.165, 1.54) is 0 Å². The van der Waals surface area contributed by atoms with Crippen LogP contribution in [0.2, 0.25) is 0 Å². The van der Waals surface area contributed by atoms with Crippen LogP contribution in [0, 0.1) is 0 Å². The number of phenols is 1. The van der Waals surface area contributed by atoms with E-state index >= 15 is 0 Å². The summed E-state index contributed by atoms with van der Waals surface area (Å²) in [6.07, 6.45) is 0.329. The van der Waals surface area contributed by atoms with Gasteiger partial charge in [-0.15, -0.1) is 11.3 Å². The van der Waals surface area contributed by atoms with Crippen molar-refractivity contribution in [2.75, 3.05) is 26.9 Å². The van der Waals surface area contributed by atoms with Crippen molar-refractivity contribution in [2.45, 2.75) is 13.0 Å². The molecule has 3 aromatic rings. The Morgan fingerprint density at radius 1 is 1.37 bits per heavy atom. The van der Waals surface area contributed by atoms with E-state index in [1.807, 2.05) is 30.3 Å². The summed E-state index contributed by atoms with van der Waals surface area (Å²) >= 11 is 1.57. The number of phenolic OH excluding ortho intramolecular Hbond substituents is 1. The van der Waals surface area contributed by atoms with Crippen molar-refractivity contribution in [2.24, 2.45) is 0 Å². The van der Waals surface area contributed by atoms with Crippen molar-refractivity contribution in [1.29, 1.82) is 0 Å². The smallest absolute Gasteiger partial charge is 0.225 e. The molecule has 0 saturated heterocycles. The van der Waals surface area contributed by atoms with Gasteiger partial charge in [-0.1, -0.05) is 12.1 Å². The summed E-state index contributed by atoms with van der Waals surface area (Å²) in [6, 6.07) is 11.6. The molecule has 7 heteroatoms. The number of aromatic hydroxyl groups is 1. The number of para-hydroxylation sites is 1. The van der Waals surface area contributed by atoms with Crippen LogP contribution in [-0.4, -0.2) is 47.8 Å². The van der Waals surface area contributed by atoms with Crippen LogP contribution in [0.5, 0.6) is 11.5 Å². The lowest BCUT2D eigenvalue weighted by Gasteiger charge is -2.19. The van der Waals surface area contributed by atoms with Crippen LogP contribution >= 0.6 is 11.3 Å². The normalized spacial score (nSPS) is 13.9. The summed E-state index contributed by atoms with van der Waals surface area (Å²) in [5.41, 5.74) is 2.54. The Bertz CT molecular complexity index is 952. The van der Waals surface area contributed by atoms with Crippen molar-refractivity contribution in [1.82, 2.24) is 9.88 Å². The monoisotopic (exact) mass is 384 g/mol. The Hall–Kier alpha value is -2.64. The molecule has 0 atom stereocenters. The molecular weight excluding hydrogens is 364 g/mol. The molecule has 0 spiro atoms. The second-order valence-electron chi connectivity index (χ2n) is 6.38. The Kier molecular flexibility index (Phi) is 4.96. The zero-order valence-electron chi connectivity index (χ0n) is 15.0.